The number of carbonyl (C=O) groups excluding carboxylic acids is 1. The lowest BCUT2D eigenvalue weighted by Crippen LogP contribution is -2.27. The molecule has 5 heteroatoms. The molecule has 1 amide bonds. The van der Waals surface area contributed by atoms with Gasteiger partial charge in [-0.2, -0.15) is 5.10 Å². The van der Waals surface area contributed by atoms with Gasteiger partial charge in [0.05, 0.1) is 19.2 Å². The molecule has 0 unspecified atom stereocenters. The van der Waals surface area contributed by atoms with Crippen LogP contribution in [0, 0.1) is 13.8 Å². The molecule has 0 atom stereocenters. The third kappa shape index (κ3) is 4.35. The van der Waals surface area contributed by atoms with Crippen molar-refractivity contribution in [1.29, 1.82) is 0 Å². The second-order valence-electron chi connectivity index (χ2n) is 5.64. The maximum atomic E-state index is 12.1. The largest absolute Gasteiger partial charge is 0.493 e. The molecule has 0 bridgehead atoms. The van der Waals surface area contributed by atoms with Gasteiger partial charge in [0, 0.05) is 32.4 Å². The molecule has 118 valence electrons. The fourth-order valence-electron chi connectivity index (χ4n) is 2.22. The van der Waals surface area contributed by atoms with Crippen molar-refractivity contribution >= 4 is 5.91 Å². The Morgan fingerprint density at radius 1 is 1.36 bits per heavy atom. The Hall–Kier alpha value is -2.30. The third-order valence-electron chi connectivity index (χ3n) is 3.52. The summed E-state index contributed by atoms with van der Waals surface area (Å²) in [5.74, 6) is 0.914. The van der Waals surface area contributed by atoms with Crippen LogP contribution < -0.4 is 4.74 Å². The number of benzene rings is 1. The van der Waals surface area contributed by atoms with E-state index < -0.39 is 0 Å². The highest BCUT2D eigenvalue weighted by Gasteiger charge is 2.11. The van der Waals surface area contributed by atoms with E-state index in [1.54, 1.807) is 22.8 Å². The van der Waals surface area contributed by atoms with Crippen molar-refractivity contribution in [3.05, 3.63) is 47.3 Å². The van der Waals surface area contributed by atoms with Crippen molar-refractivity contribution in [3.63, 3.8) is 0 Å². The molecule has 1 aromatic heterocycles. The summed E-state index contributed by atoms with van der Waals surface area (Å²) >= 11 is 0. The van der Waals surface area contributed by atoms with Gasteiger partial charge in [0.25, 0.3) is 0 Å². The maximum Gasteiger partial charge on any atom is 0.226 e. The average molecular weight is 301 g/mol. The number of hydrogen-bond donors (Lipinski definition) is 0. The van der Waals surface area contributed by atoms with E-state index in [2.05, 4.69) is 11.2 Å². The lowest BCUT2D eigenvalue weighted by Gasteiger charge is -2.17. The summed E-state index contributed by atoms with van der Waals surface area (Å²) in [7, 11) is 3.66. The Morgan fingerprint density at radius 3 is 2.82 bits per heavy atom. The second kappa shape index (κ2) is 7.11. The number of aryl methyl sites for hydroxylation is 3. The van der Waals surface area contributed by atoms with Gasteiger partial charge in [-0.15, -0.1) is 0 Å². The molecule has 2 rings (SSSR count). The van der Waals surface area contributed by atoms with Gasteiger partial charge in [-0.05, 0) is 31.0 Å². The van der Waals surface area contributed by atoms with Crippen LogP contribution in [0.5, 0.6) is 5.75 Å². The summed E-state index contributed by atoms with van der Waals surface area (Å²) in [6.45, 7) is 4.99. The van der Waals surface area contributed by atoms with Crippen LogP contribution in [0.15, 0.2) is 30.6 Å². The van der Waals surface area contributed by atoms with E-state index in [-0.39, 0.29) is 5.91 Å². The summed E-state index contributed by atoms with van der Waals surface area (Å²) in [5, 5.41) is 4.10. The third-order valence-corrected chi connectivity index (χ3v) is 3.52. The Morgan fingerprint density at radius 2 is 2.14 bits per heavy atom. The number of nitrogens with zero attached hydrogens (tertiary/aromatic N) is 3. The lowest BCUT2D eigenvalue weighted by atomic mass is 10.1. The first kappa shape index (κ1) is 16.1. The Kier molecular flexibility index (Phi) is 5.20. The molecule has 0 aliphatic rings. The first-order chi connectivity index (χ1) is 10.5. The lowest BCUT2D eigenvalue weighted by molar-refractivity contribution is -0.130. The molecule has 0 fully saturated rings. The van der Waals surface area contributed by atoms with Gasteiger partial charge in [0.1, 0.15) is 5.75 Å². The van der Waals surface area contributed by atoms with Crippen LogP contribution in [-0.2, 0) is 18.4 Å². The van der Waals surface area contributed by atoms with Crippen molar-refractivity contribution in [2.45, 2.75) is 26.8 Å². The molecule has 0 N–H and O–H groups in total. The van der Waals surface area contributed by atoms with E-state index in [0.29, 0.717) is 19.6 Å². The van der Waals surface area contributed by atoms with Crippen molar-refractivity contribution in [2.24, 2.45) is 7.05 Å². The quantitative estimate of drug-likeness (QED) is 0.823. The zero-order valence-corrected chi connectivity index (χ0v) is 13.7. The zero-order valence-electron chi connectivity index (χ0n) is 13.7. The van der Waals surface area contributed by atoms with E-state index in [4.69, 9.17) is 4.74 Å². The number of hydrogen-bond acceptors (Lipinski definition) is 3. The summed E-state index contributed by atoms with van der Waals surface area (Å²) in [6, 6.07) is 6.08. The van der Waals surface area contributed by atoms with Gasteiger partial charge in [-0.3, -0.25) is 9.48 Å². The highest BCUT2D eigenvalue weighted by Crippen LogP contribution is 2.19. The summed E-state index contributed by atoms with van der Waals surface area (Å²) < 4.78 is 7.46. The maximum absolute atomic E-state index is 12.1. The van der Waals surface area contributed by atoms with E-state index in [1.807, 2.05) is 39.2 Å². The van der Waals surface area contributed by atoms with Crippen LogP contribution in [0.3, 0.4) is 0 Å². The molecule has 0 aliphatic carbocycles. The SMILES string of the molecule is Cc1ccc(C)c(OCCC(=O)N(C)Cc2cnn(C)c2)c1. The molecular weight excluding hydrogens is 278 g/mol. The smallest absolute Gasteiger partial charge is 0.226 e. The molecule has 0 radical (unpaired) electrons. The molecule has 0 saturated carbocycles. The van der Waals surface area contributed by atoms with Crippen molar-refractivity contribution in [1.82, 2.24) is 14.7 Å². The molecule has 1 heterocycles. The molecule has 1 aromatic carbocycles. The number of rotatable bonds is 6. The molecule has 2 aromatic rings. The normalized spacial score (nSPS) is 10.5. The molecule has 5 nitrogen and oxygen atoms in total. The number of carbonyl (C=O) groups is 1. The topological polar surface area (TPSA) is 47.4 Å². The standard InChI is InChI=1S/C17H23N3O2/c1-13-5-6-14(2)16(9-13)22-8-7-17(21)19(3)11-15-10-18-20(4)12-15/h5-6,9-10,12H,7-8,11H2,1-4H3. The minimum absolute atomic E-state index is 0.0640. The molecule has 0 saturated heterocycles. The van der Waals surface area contributed by atoms with E-state index in [1.165, 1.54) is 0 Å². The summed E-state index contributed by atoms with van der Waals surface area (Å²) in [4.78, 5) is 13.8. The fraction of sp³-hybridized carbons (Fsp3) is 0.412. The van der Waals surface area contributed by atoms with Crippen LogP contribution in [0.4, 0.5) is 0 Å². The minimum atomic E-state index is 0.0640. The Balaban J connectivity index is 1.80. The van der Waals surface area contributed by atoms with Crippen LogP contribution in [0.25, 0.3) is 0 Å². The van der Waals surface area contributed by atoms with Crippen LogP contribution in [-0.4, -0.2) is 34.2 Å². The minimum Gasteiger partial charge on any atom is -0.493 e. The fourth-order valence-corrected chi connectivity index (χ4v) is 2.22. The first-order valence-electron chi connectivity index (χ1n) is 7.37. The van der Waals surface area contributed by atoms with E-state index in [9.17, 15) is 4.79 Å². The average Bonchev–Trinajstić information content (AvgIpc) is 2.87. The van der Waals surface area contributed by atoms with Gasteiger partial charge in [-0.1, -0.05) is 12.1 Å². The molecule has 0 spiro atoms. The highest BCUT2D eigenvalue weighted by atomic mass is 16.5. The second-order valence-corrected chi connectivity index (χ2v) is 5.64. The number of amides is 1. The van der Waals surface area contributed by atoms with Crippen molar-refractivity contribution in [2.75, 3.05) is 13.7 Å². The zero-order chi connectivity index (χ0) is 16.1. The van der Waals surface area contributed by atoms with Gasteiger partial charge in [0.2, 0.25) is 5.91 Å². The summed E-state index contributed by atoms with van der Waals surface area (Å²) in [5.41, 5.74) is 3.26. The Labute approximate surface area is 131 Å². The predicted molar refractivity (Wildman–Crippen MR) is 85.7 cm³/mol. The summed E-state index contributed by atoms with van der Waals surface area (Å²) in [6.07, 6.45) is 4.05. The van der Waals surface area contributed by atoms with Gasteiger partial charge in [-0.25, -0.2) is 0 Å². The van der Waals surface area contributed by atoms with Crippen LogP contribution in [0.1, 0.15) is 23.1 Å². The van der Waals surface area contributed by atoms with Gasteiger partial charge >= 0.3 is 0 Å². The van der Waals surface area contributed by atoms with Gasteiger partial charge in [0.15, 0.2) is 0 Å². The Bertz CT molecular complexity index is 649. The monoisotopic (exact) mass is 301 g/mol. The molecular formula is C17H23N3O2. The van der Waals surface area contributed by atoms with Crippen LogP contribution in [0.2, 0.25) is 0 Å². The van der Waals surface area contributed by atoms with E-state index in [0.717, 1.165) is 22.4 Å². The number of aromatic nitrogens is 2. The molecule has 0 aliphatic heterocycles. The van der Waals surface area contributed by atoms with Crippen molar-refractivity contribution < 1.29 is 9.53 Å². The van der Waals surface area contributed by atoms with Crippen LogP contribution >= 0.6 is 0 Å². The number of ether oxygens (including phenoxy) is 1. The predicted octanol–water partition coefficient (Wildman–Crippen LogP) is 2.46. The first-order valence-corrected chi connectivity index (χ1v) is 7.37. The van der Waals surface area contributed by atoms with Crippen molar-refractivity contribution in [3.8, 4) is 5.75 Å². The van der Waals surface area contributed by atoms with E-state index >= 15 is 0 Å². The highest BCUT2D eigenvalue weighted by molar-refractivity contribution is 5.76. The molecule has 22 heavy (non-hydrogen) atoms. The van der Waals surface area contributed by atoms with Gasteiger partial charge < -0.3 is 9.64 Å².